The molecule has 2 saturated heterocycles. The number of benzene rings is 1. The van der Waals surface area contributed by atoms with Gasteiger partial charge < -0.3 is 14.4 Å². The minimum absolute atomic E-state index is 0.119. The van der Waals surface area contributed by atoms with E-state index >= 15 is 0 Å². The topological polar surface area (TPSA) is 42.0 Å². The number of hydrogen-bond acceptors (Lipinski definition) is 4. The first-order chi connectivity index (χ1) is 11.7. The summed E-state index contributed by atoms with van der Waals surface area (Å²) in [4.78, 5) is 16.5. The second kappa shape index (κ2) is 8.44. The maximum absolute atomic E-state index is 12.8. The molecule has 5 nitrogen and oxygen atoms in total. The highest BCUT2D eigenvalue weighted by Crippen LogP contribution is 2.15. The van der Waals surface area contributed by atoms with Crippen molar-refractivity contribution in [2.45, 2.75) is 25.4 Å². The Morgan fingerprint density at radius 3 is 2.62 bits per heavy atom. The van der Waals surface area contributed by atoms with E-state index in [9.17, 15) is 9.18 Å². The highest BCUT2D eigenvalue weighted by Gasteiger charge is 2.24. The Bertz CT molecular complexity index is 524. The Kier molecular flexibility index (Phi) is 6.04. The molecule has 0 radical (unpaired) electrons. The molecule has 2 heterocycles. The van der Waals surface area contributed by atoms with E-state index in [0.717, 1.165) is 52.2 Å². The zero-order valence-electron chi connectivity index (χ0n) is 14.0. The first-order valence-electron chi connectivity index (χ1n) is 8.71. The molecule has 1 amide bonds. The van der Waals surface area contributed by atoms with Crippen LogP contribution in [0.15, 0.2) is 24.3 Å². The van der Waals surface area contributed by atoms with Gasteiger partial charge in [-0.1, -0.05) is 0 Å². The molecule has 1 atom stereocenters. The van der Waals surface area contributed by atoms with Crippen molar-refractivity contribution in [1.29, 1.82) is 0 Å². The predicted octanol–water partition coefficient (Wildman–Crippen LogP) is 1.92. The van der Waals surface area contributed by atoms with Crippen molar-refractivity contribution in [1.82, 2.24) is 9.80 Å². The number of ether oxygens (including phenoxy) is 2. The van der Waals surface area contributed by atoms with E-state index < -0.39 is 0 Å². The molecule has 2 aliphatic heterocycles. The van der Waals surface area contributed by atoms with Gasteiger partial charge in [-0.15, -0.1) is 0 Å². The van der Waals surface area contributed by atoms with Crippen molar-refractivity contribution in [3.63, 3.8) is 0 Å². The Hall–Kier alpha value is -1.66. The molecule has 0 bridgehead atoms. The highest BCUT2D eigenvalue weighted by molar-refractivity contribution is 5.76. The van der Waals surface area contributed by atoms with Crippen LogP contribution in [0.1, 0.15) is 19.3 Å². The quantitative estimate of drug-likeness (QED) is 0.796. The molecule has 0 aliphatic carbocycles. The zero-order chi connectivity index (χ0) is 16.8. The second-order valence-corrected chi connectivity index (χ2v) is 6.37. The van der Waals surface area contributed by atoms with Crippen molar-refractivity contribution < 1.29 is 18.7 Å². The molecule has 0 N–H and O–H groups in total. The van der Waals surface area contributed by atoms with Crippen LogP contribution in [0.25, 0.3) is 0 Å². The molecule has 3 rings (SSSR count). The molecular formula is C18H25FN2O3. The Morgan fingerprint density at radius 1 is 1.21 bits per heavy atom. The van der Waals surface area contributed by atoms with E-state index in [0.29, 0.717) is 24.9 Å². The molecule has 0 aromatic heterocycles. The van der Waals surface area contributed by atoms with Gasteiger partial charge >= 0.3 is 0 Å². The summed E-state index contributed by atoms with van der Waals surface area (Å²) in [5.41, 5.74) is 0. The lowest BCUT2D eigenvalue weighted by molar-refractivity contribution is -0.133. The minimum atomic E-state index is -0.292. The van der Waals surface area contributed by atoms with Gasteiger partial charge in [-0.25, -0.2) is 4.39 Å². The SMILES string of the molecule is O=C(CCOc1ccc(F)cc1)N1CCN(CC2CCCO2)CC1. The van der Waals surface area contributed by atoms with Gasteiger partial charge in [0.2, 0.25) is 5.91 Å². The second-order valence-electron chi connectivity index (χ2n) is 6.37. The average molecular weight is 336 g/mol. The molecule has 0 spiro atoms. The summed E-state index contributed by atoms with van der Waals surface area (Å²) >= 11 is 0. The van der Waals surface area contributed by atoms with Gasteiger partial charge in [-0.05, 0) is 37.1 Å². The van der Waals surface area contributed by atoms with E-state index in [2.05, 4.69) is 4.90 Å². The van der Waals surface area contributed by atoms with Crippen molar-refractivity contribution in [3.05, 3.63) is 30.1 Å². The summed E-state index contributed by atoms with van der Waals surface area (Å²) in [7, 11) is 0. The molecule has 24 heavy (non-hydrogen) atoms. The van der Waals surface area contributed by atoms with Crippen molar-refractivity contribution in [2.75, 3.05) is 45.9 Å². The number of carbonyl (C=O) groups excluding carboxylic acids is 1. The third-order valence-corrected chi connectivity index (χ3v) is 4.61. The molecule has 1 aromatic carbocycles. The lowest BCUT2D eigenvalue weighted by Gasteiger charge is -2.35. The fourth-order valence-corrected chi connectivity index (χ4v) is 3.20. The van der Waals surface area contributed by atoms with E-state index in [1.807, 2.05) is 4.90 Å². The maximum atomic E-state index is 12.8. The number of piperazine rings is 1. The molecule has 132 valence electrons. The Balaban J connectivity index is 1.33. The molecule has 1 aromatic rings. The number of halogens is 1. The molecule has 1 unspecified atom stereocenters. The van der Waals surface area contributed by atoms with Gasteiger partial charge in [0.15, 0.2) is 0 Å². The van der Waals surface area contributed by atoms with E-state index in [1.165, 1.54) is 12.1 Å². The van der Waals surface area contributed by atoms with Crippen LogP contribution in [-0.4, -0.2) is 67.7 Å². The summed E-state index contributed by atoms with van der Waals surface area (Å²) in [6.45, 7) is 5.53. The lowest BCUT2D eigenvalue weighted by Crippen LogP contribution is -2.50. The van der Waals surface area contributed by atoms with Crippen LogP contribution in [-0.2, 0) is 9.53 Å². The Morgan fingerprint density at radius 2 is 1.96 bits per heavy atom. The fraction of sp³-hybridized carbons (Fsp3) is 0.611. The Labute approximate surface area is 142 Å². The first-order valence-corrected chi connectivity index (χ1v) is 8.71. The summed E-state index contributed by atoms with van der Waals surface area (Å²) in [6.07, 6.45) is 3.04. The van der Waals surface area contributed by atoms with Crippen LogP contribution >= 0.6 is 0 Å². The lowest BCUT2D eigenvalue weighted by atomic mass is 10.2. The van der Waals surface area contributed by atoms with Gasteiger partial charge in [-0.2, -0.15) is 0 Å². The van der Waals surface area contributed by atoms with E-state index in [-0.39, 0.29) is 11.7 Å². The molecule has 2 fully saturated rings. The van der Waals surface area contributed by atoms with Gasteiger partial charge in [-0.3, -0.25) is 9.69 Å². The number of rotatable bonds is 6. The van der Waals surface area contributed by atoms with Crippen LogP contribution in [0.5, 0.6) is 5.75 Å². The number of amides is 1. The summed E-state index contributed by atoms with van der Waals surface area (Å²) < 4.78 is 24.0. The number of hydrogen-bond donors (Lipinski definition) is 0. The van der Waals surface area contributed by atoms with Gasteiger partial charge in [0, 0.05) is 39.3 Å². The van der Waals surface area contributed by atoms with Crippen molar-refractivity contribution >= 4 is 5.91 Å². The van der Waals surface area contributed by atoms with Gasteiger partial charge in [0.1, 0.15) is 11.6 Å². The smallest absolute Gasteiger partial charge is 0.226 e. The average Bonchev–Trinajstić information content (AvgIpc) is 3.10. The standard InChI is InChI=1S/C18H25FN2O3/c19-15-3-5-16(6-4-15)24-13-7-18(22)21-10-8-20(9-11-21)14-17-2-1-12-23-17/h3-6,17H,1-2,7-14H2. The maximum Gasteiger partial charge on any atom is 0.226 e. The first kappa shape index (κ1) is 17.2. The van der Waals surface area contributed by atoms with Crippen LogP contribution in [0.3, 0.4) is 0 Å². The summed E-state index contributed by atoms with van der Waals surface area (Å²) in [6, 6.07) is 5.85. The van der Waals surface area contributed by atoms with Gasteiger partial charge in [0.25, 0.3) is 0 Å². The third-order valence-electron chi connectivity index (χ3n) is 4.61. The molecule has 0 saturated carbocycles. The van der Waals surface area contributed by atoms with Crippen LogP contribution in [0.2, 0.25) is 0 Å². The zero-order valence-corrected chi connectivity index (χ0v) is 14.0. The monoisotopic (exact) mass is 336 g/mol. The fourth-order valence-electron chi connectivity index (χ4n) is 3.20. The third kappa shape index (κ3) is 4.92. The molecule has 2 aliphatic rings. The van der Waals surface area contributed by atoms with Crippen LogP contribution in [0, 0.1) is 5.82 Å². The largest absolute Gasteiger partial charge is 0.493 e. The minimum Gasteiger partial charge on any atom is -0.493 e. The normalized spacial score (nSPS) is 21.9. The van der Waals surface area contributed by atoms with Crippen molar-refractivity contribution in [3.8, 4) is 5.75 Å². The van der Waals surface area contributed by atoms with E-state index in [4.69, 9.17) is 9.47 Å². The van der Waals surface area contributed by atoms with Crippen LogP contribution in [0.4, 0.5) is 4.39 Å². The summed E-state index contributed by atoms with van der Waals surface area (Å²) in [5, 5.41) is 0. The van der Waals surface area contributed by atoms with Crippen LogP contribution < -0.4 is 4.74 Å². The van der Waals surface area contributed by atoms with Crippen molar-refractivity contribution in [2.24, 2.45) is 0 Å². The number of carbonyl (C=O) groups is 1. The highest BCUT2D eigenvalue weighted by atomic mass is 19.1. The van der Waals surface area contributed by atoms with E-state index in [1.54, 1.807) is 12.1 Å². The predicted molar refractivity (Wildman–Crippen MR) is 88.5 cm³/mol. The number of nitrogens with zero attached hydrogens (tertiary/aromatic N) is 2. The van der Waals surface area contributed by atoms with Gasteiger partial charge in [0.05, 0.1) is 19.1 Å². The summed E-state index contributed by atoms with van der Waals surface area (Å²) in [5.74, 6) is 0.416. The molecule has 6 heteroatoms. The molecular weight excluding hydrogens is 311 g/mol.